The van der Waals surface area contributed by atoms with Crippen molar-refractivity contribution in [3.8, 4) is 0 Å². The summed E-state index contributed by atoms with van der Waals surface area (Å²) in [6.07, 6.45) is 0. The topological polar surface area (TPSA) is 55.1 Å². The molecule has 0 saturated carbocycles. The number of hydrogen-bond donors (Lipinski definition) is 2. The van der Waals surface area contributed by atoms with Crippen molar-refractivity contribution in [3.63, 3.8) is 0 Å². The molecule has 1 rings (SSSR count). The molecule has 0 fully saturated rings. The van der Waals surface area contributed by atoms with Crippen LogP contribution in [-0.4, -0.2) is 20.4 Å². The molecule has 0 atom stereocenters. The van der Waals surface area contributed by atoms with Crippen LogP contribution in [-0.2, 0) is 0 Å². The Morgan fingerprint density at radius 3 is 3.00 bits per heavy atom. The molecule has 0 spiro atoms. The van der Waals surface area contributed by atoms with E-state index in [-0.39, 0.29) is 20.4 Å². The van der Waals surface area contributed by atoms with E-state index in [1.165, 1.54) is 0 Å². The standard InChI is InChI=1S/C5H6N2OSe/c6-7-5(8)4-2-1-3-9-4/h1-3H,6H2,(H,7,8). The van der Waals surface area contributed by atoms with Crippen LogP contribution in [0.5, 0.6) is 0 Å². The van der Waals surface area contributed by atoms with Gasteiger partial charge in [-0.05, 0) is 0 Å². The Kier molecular flexibility index (Phi) is 2.05. The van der Waals surface area contributed by atoms with Crippen molar-refractivity contribution in [2.45, 2.75) is 0 Å². The number of hydrogen-bond acceptors (Lipinski definition) is 2. The van der Waals surface area contributed by atoms with E-state index in [0.29, 0.717) is 0 Å². The molecular weight excluding hydrogens is 183 g/mol. The zero-order chi connectivity index (χ0) is 6.69. The van der Waals surface area contributed by atoms with E-state index >= 15 is 0 Å². The summed E-state index contributed by atoms with van der Waals surface area (Å²) in [5, 5.41) is 0. The van der Waals surface area contributed by atoms with Gasteiger partial charge in [-0.25, -0.2) is 0 Å². The van der Waals surface area contributed by atoms with Crippen molar-refractivity contribution < 1.29 is 4.79 Å². The number of carbonyl (C=O) groups is 1. The predicted molar refractivity (Wildman–Crippen MR) is 35.0 cm³/mol. The van der Waals surface area contributed by atoms with Crippen LogP contribution in [0.3, 0.4) is 0 Å². The summed E-state index contributed by atoms with van der Waals surface area (Å²) >= 11 is 0.198. The van der Waals surface area contributed by atoms with Gasteiger partial charge in [0, 0.05) is 0 Å². The van der Waals surface area contributed by atoms with Crippen LogP contribution in [0.25, 0.3) is 0 Å². The first-order chi connectivity index (χ1) is 4.34. The third-order valence-corrected chi connectivity index (χ3v) is 2.70. The predicted octanol–water partition coefficient (Wildman–Crippen LogP) is -0.653. The van der Waals surface area contributed by atoms with Crippen LogP contribution in [0.4, 0.5) is 0 Å². The summed E-state index contributed by atoms with van der Waals surface area (Å²) in [6.45, 7) is 0. The van der Waals surface area contributed by atoms with Gasteiger partial charge in [0.15, 0.2) is 0 Å². The summed E-state index contributed by atoms with van der Waals surface area (Å²) in [5.74, 6) is 4.73. The SMILES string of the molecule is NNC(=O)c1ccc[se]1. The molecule has 4 heteroatoms. The molecule has 0 aliphatic heterocycles. The third-order valence-electron chi connectivity index (χ3n) is 0.876. The van der Waals surface area contributed by atoms with Gasteiger partial charge in [-0.1, -0.05) is 0 Å². The van der Waals surface area contributed by atoms with Gasteiger partial charge in [-0.2, -0.15) is 0 Å². The second-order valence-corrected chi connectivity index (χ2v) is 3.44. The molecule has 9 heavy (non-hydrogen) atoms. The van der Waals surface area contributed by atoms with Crippen LogP contribution >= 0.6 is 0 Å². The Balaban J connectivity index is 2.77. The summed E-state index contributed by atoms with van der Waals surface area (Å²) < 4.78 is 0.782. The van der Waals surface area contributed by atoms with Gasteiger partial charge < -0.3 is 0 Å². The van der Waals surface area contributed by atoms with Gasteiger partial charge in [-0.15, -0.1) is 0 Å². The van der Waals surface area contributed by atoms with Crippen molar-refractivity contribution in [2.75, 3.05) is 0 Å². The molecule has 1 aromatic heterocycles. The van der Waals surface area contributed by atoms with Gasteiger partial charge in [0.1, 0.15) is 0 Å². The summed E-state index contributed by atoms with van der Waals surface area (Å²) in [6, 6.07) is 3.65. The van der Waals surface area contributed by atoms with Crippen molar-refractivity contribution in [1.29, 1.82) is 0 Å². The Labute approximate surface area is 58.6 Å². The molecule has 0 radical (unpaired) electrons. The minimum absolute atomic E-state index is 0.167. The molecule has 0 aromatic carbocycles. The molecule has 48 valence electrons. The van der Waals surface area contributed by atoms with Crippen molar-refractivity contribution in [2.24, 2.45) is 5.84 Å². The number of nitrogens with two attached hydrogens (primary N) is 1. The zero-order valence-electron chi connectivity index (χ0n) is 4.63. The van der Waals surface area contributed by atoms with E-state index in [2.05, 4.69) is 5.43 Å². The normalized spacial score (nSPS) is 9.00. The van der Waals surface area contributed by atoms with Crippen molar-refractivity contribution >= 4 is 20.4 Å². The van der Waals surface area contributed by atoms with E-state index in [9.17, 15) is 4.79 Å². The fourth-order valence-electron chi connectivity index (χ4n) is 0.479. The first-order valence-corrected chi connectivity index (χ1v) is 4.23. The quantitative estimate of drug-likeness (QED) is 0.267. The molecule has 0 bridgehead atoms. The number of rotatable bonds is 1. The van der Waals surface area contributed by atoms with E-state index in [1.807, 2.05) is 11.0 Å². The average Bonchev–Trinajstić information content (AvgIpc) is 2.37. The molecule has 0 aliphatic carbocycles. The van der Waals surface area contributed by atoms with Gasteiger partial charge >= 0.3 is 58.0 Å². The molecule has 1 heterocycles. The van der Waals surface area contributed by atoms with Crippen LogP contribution in [0, 0.1) is 0 Å². The Morgan fingerprint density at radius 2 is 2.56 bits per heavy atom. The second-order valence-electron chi connectivity index (χ2n) is 1.45. The van der Waals surface area contributed by atoms with Crippen molar-refractivity contribution in [1.82, 2.24) is 5.43 Å². The molecule has 0 unspecified atom stereocenters. The van der Waals surface area contributed by atoms with Crippen LogP contribution < -0.4 is 11.3 Å². The average molecular weight is 189 g/mol. The second kappa shape index (κ2) is 2.82. The van der Waals surface area contributed by atoms with Gasteiger partial charge in [0.05, 0.1) is 0 Å². The fraction of sp³-hybridized carbons (Fsp3) is 0. The molecule has 1 amide bonds. The van der Waals surface area contributed by atoms with Crippen LogP contribution in [0.1, 0.15) is 9.23 Å². The van der Waals surface area contributed by atoms with Crippen LogP contribution in [0.15, 0.2) is 17.1 Å². The summed E-state index contributed by atoms with van der Waals surface area (Å²) in [4.78, 5) is 12.7. The molecule has 1 aromatic rings. The number of amides is 1. The minimum atomic E-state index is -0.167. The number of nitrogen functional groups attached to an aromatic ring is 1. The number of hydrazine groups is 1. The third kappa shape index (κ3) is 1.42. The molecule has 0 saturated heterocycles. The van der Waals surface area contributed by atoms with E-state index in [0.717, 1.165) is 4.44 Å². The monoisotopic (exact) mass is 190 g/mol. The zero-order valence-corrected chi connectivity index (χ0v) is 6.34. The van der Waals surface area contributed by atoms with Gasteiger partial charge in [0.25, 0.3) is 0 Å². The van der Waals surface area contributed by atoms with E-state index in [4.69, 9.17) is 5.84 Å². The Hall–Kier alpha value is -0.571. The number of nitrogens with one attached hydrogen (secondary N) is 1. The Morgan fingerprint density at radius 1 is 1.78 bits per heavy atom. The molecule has 3 nitrogen and oxygen atoms in total. The summed E-state index contributed by atoms with van der Waals surface area (Å²) in [5.41, 5.74) is 2.08. The van der Waals surface area contributed by atoms with E-state index < -0.39 is 0 Å². The number of carbonyl (C=O) groups excluding carboxylic acids is 1. The maximum absolute atomic E-state index is 10.7. The first-order valence-electron chi connectivity index (χ1n) is 2.39. The molecule has 3 N–H and O–H groups in total. The maximum atomic E-state index is 10.7. The molecule has 0 aliphatic rings. The van der Waals surface area contributed by atoms with Crippen molar-refractivity contribution in [3.05, 3.63) is 21.5 Å². The van der Waals surface area contributed by atoms with Gasteiger partial charge in [-0.3, -0.25) is 0 Å². The summed E-state index contributed by atoms with van der Waals surface area (Å²) in [7, 11) is 0. The Bertz CT molecular complexity index is 195. The van der Waals surface area contributed by atoms with Gasteiger partial charge in [0.2, 0.25) is 0 Å². The fourth-order valence-corrected chi connectivity index (χ4v) is 1.79. The van der Waals surface area contributed by atoms with Crippen LogP contribution in [0.2, 0.25) is 0 Å². The van der Waals surface area contributed by atoms with E-state index in [1.54, 1.807) is 6.07 Å². The molecular formula is C5H6N2OSe. The first kappa shape index (κ1) is 6.55.